The molecule has 72 valence electrons. The highest BCUT2D eigenvalue weighted by Gasteiger charge is 2.27. The summed E-state index contributed by atoms with van der Waals surface area (Å²) < 4.78 is 1.17. The highest BCUT2D eigenvalue weighted by Crippen LogP contribution is 2.14. The standard InChI is InChI=1S/C10H23N2/c1-5-10(2)11-7-6-8-12(3,4)9-11/h10H,5-9H2,1-4H3/q+1. The van der Waals surface area contributed by atoms with Gasteiger partial charge in [0, 0.05) is 19.0 Å². The first kappa shape index (κ1) is 10.0. The molecular weight excluding hydrogens is 148 g/mol. The molecule has 1 fully saturated rings. The minimum Gasteiger partial charge on any atom is -0.316 e. The van der Waals surface area contributed by atoms with E-state index in [1.54, 1.807) is 0 Å². The van der Waals surface area contributed by atoms with E-state index in [2.05, 4.69) is 32.8 Å². The number of nitrogens with zero attached hydrogens (tertiary/aromatic N) is 2. The smallest absolute Gasteiger partial charge is 0.134 e. The van der Waals surface area contributed by atoms with Crippen molar-refractivity contribution in [2.24, 2.45) is 0 Å². The Hall–Kier alpha value is -0.0800. The minimum atomic E-state index is 0.766. The third-order valence-electron chi connectivity index (χ3n) is 2.99. The topological polar surface area (TPSA) is 3.24 Å². The lowest BCUT2D eigenvalue weighted by atomic mass is 10.2. The molecule has 0 aliphatic carbocycles. The Morgan fingerprint density at radius 2 is 2.08 bits per heavy atom. The van der Waals surface area contributed by atoms with E-state index in [-0.39, 0.29) is 0 Å². The number of rotatable bonds is 2. The van der Waals surface area contributed by atoms with Crippen LogP contribution in [0.3, 0.4) is 0 Å². The number of hydrogen-bond donors (Lipinski definition) is 0. The van der Waals surface area contributed by atoms with Crippen LogP contribution in [0, 0.1) is 0 Å². The fourth-order valence-corrected chi connectivity index (χ4v) is 1.95. The van der Waals surface area contributed by atoms with Crippen molar-refractivity contribution in [2.75, 3.05) is 33.9 Å². The summed E-state index contributed by atoms with van der Waals surface area (Å²) in [6, 6.07) is 0.766. The molecule has 0 N–H and O–H groups in total. The van der Waals surface area contributed by atoms with Gasteiger partial charge in [0.1, 0.15) is 6.67 Å². The molecule has 1 heterocycles. The lowest BCUT2D eigenvalue weighted by molar-refractivity contribution is -0.906. The van der Waals surface area contributed by atoms with E-state index in [1.165, 1.54) is 37.1 Å². The molecule has 2 heteroatoms. The normalized spacial score (nSPS) is 27.0. The Bertz CT molecular complexity index is 143. The number of hydrogen-bond acceptors (Lipinski definition) is 1. The van der Waals surface area contributed by atoms with Crippen LogP contribution in [0.5, 0.6) is 0 Å². The predicted octanol–water partition coefficient (Wildman–Crippen LogP) is 1.52. The monoisotopic (exact) mass is 171 g/mol. The van der Waals surface area contributed by atoms with Crippen molar-refractivity contribution >= 4 is 0 Å². The molecule has 1 aliphatic heterocycles. The van der Waals surface area contributed by atoms with Crippen molar-refractivity contribution in [3.05, 3.63) is 0 Å². The highest BCUT2D eigenvalue weighted by atomic mass is 15.4. The second-order valence-electron chi connectivity index (χ2n) is 4.72. The zero-order chi connectivity index (χ0) is 9.19. The molecule has 1 unspecified atom stereocenters. The molecule has 1 saturated heterocycles. The average Bonchev–Trinajstić information content (AvgIpc) is 2.01. The predicted molar refractivity (Wildman–Crippen MR) is 52.9 cm³/mol. The van der Waals surface area contributed by atoms with E-state index in [0.717, 1.165) is 6.04 Å². The molecule has 0 amide bonds. The molecule has 0 aromatic heterocycles. The first-order valence-corrected chi connectivity index (χ1v) is 5.11. The quantitative estimate of drug-likeness (QED) is 0.569. The molecule has 0 saturated carbocycles. The Morgan fingerprint density at radius 3 is 2.58 bits per heavy atom. The molecule has 0 aromatic rings. The molecule has 0 aromatic carbocycles. The zero-order valence-corrected chi connectivity index (χ0v) is 9.01. The first-order valence-electron chi connectivity index (χ1n) is 5.11. The Kier molecular flexibility index (Phi) is 3.13. The van der Waals surface area contributed by atoms with Crippen molar-refractivity contribution in [1.29, 1.82) is 0 Å². The molecule has 0 spiro atoms. The first-order chi connectivity index (χ1) is 5.55. The molecule has 0 bridgehead atoms. The maximum absolute atomic E-state index is 2.61. The summed E-state index contributed by atoms with van der Waals surface area (Å²) in [4.78, 5) is 2.61. The Morgan fingerprint density at radius 1 is 1.42 bits per heavy atom. The third-order valence-corrected chi connectivity index (χ3v) is 2.99. The van der Waals surface area contributed by atoms with Crippen LogP contribution in [0.25, 0.3) is 0 Å². The van der Waals surface area contributed by atoms with Crippen molar-refractivity contribution < 1.29 is 4.48 Å². The van der Waals surface area contributed by atoms with Gasteiger partial charge in [-0.1, -0.05) is 6.92 Å². The van der Waals surface area contributed by atoms with Crippen molar-refractivity contribution in [2.45, 2.75) is 32.7 Å². The average molecular weight is 171 g/mol. The summed E-state index contributed by atoms with van der Waals surface area (Å²) >= 11 is 0. The summed E-state index contributed by atoms with van der Waals surface area (Å²) in [6.07, 6.45) is 2.64. The fraction of sp³-hybridized carbons (Fsp3) is 1.00. The van der Waals surface area contributed by atoms with Crippen LogP contribution in [-0.2, 0) is 0 Å². The van der Waals surface area contributed by atoms with E-state index >= 15 is 0 Å². The van der Waals surface area contributed by atoms with Gasteiger partial charge in [0.15, 0.2) is 0 Å². The van der Waals surface area contributed by atoms with E-state index in [1.807, 2.05) is 0 Å². The molecule has 0 radical (unpaired) electrons. The maximum Gasteiger partial charge on any atom is 0.134 e. The summed E-state index contributed by atoms with van der Waals surface area (Å²) in [7, 11) is 4.66. The van der Waals surface area contributed by atoms with E-state index < -0.39 is 0 Å². The highest BCUT2D eigenvalue weighted by molar-refractivity contribution is 4.65. The largest absolute Gasteiger partial charge is 0.316 e. The summed E-state index contributed by atoms with van der Waals surface area (Å²) in [6.45, 7) is 8.49. The zero-order valence-electron chi connectivity index (χ0n) is 9.01. The summed E-state index contributed by atoms with van der Waals surface area (Å²) in [5.41, 5.74) is 0. The van der Waals surface area contributed by atoms with Gasteiger partial charge in [0.2, 0.25) is 0 Å². The SMILES string of the molecule is CCC(C)N1CCC[N+](C)(C)C1. The fourth-order valence-electron chi connectivity index (χ4n) is 1.95. The van der Waals surface area contributed by atoms with Gasteiger partial charge in [-0.3, -0.25) is 4.90 Å². The maximum atomic E-state index is 2.61. The van der Waals surface area contributed by atoms with Crippen LogP contribution < -0.4 is 0 Å². The second-order valence-corrected chi connectivity index (χ2v) is 4.72. The molecular formula is C10H23N2+. The van der Waals surface area contributed by atoms with Crippen LogP contribution in [0.2, 0.25) is 0 Å². The van der Waals surface area contributed by atoms with Gasteiger partial charge in [-0.2, -0.15) is 0 Å². The van der Waals surface area contributed by atoms with Gasteiger partial charge in [0.05, 0.1) is 20.6 Å². The van der Waals surface area contributed by atoms with Gasteiger partial charge in [0.25, 0.3) is 0 Å². The molecule has 1 aliphatic rings. The summed E-state index contributed by atoms with van der Waals surface area (Å²) in [5.74, 6) is 0. The van der Waals surface area contributed by atoms with Gasteiger partial charge >= 0.3 is 0 Å². The van der Waals surface area contributed by atoms with Gasteiger partial charge in [-0.15, -0.1) is 0 Å². The van der Waals surface area contributed by atoms with Crippen molar-refractivity contribution in [1.82, 2.24) is 4.90 Å². The lowest BCUT2D eigenvalue weighted by Crippen LogP contribution is -2.56. The van der Waals surface area contributed by atoms with E-state index in [4.69, 9.17) is 0 Å². The van der Waals surface area contributed by atoms with Gasteiger partial charge < -0.3 is 4.48 Å². The summed E-state index contributed by atoms with van der Waals surface area (Å²) in [5, 5.41) is 0. The molecule has 2 nitrogen and oxygen atoms in total. The van der Waals surface area contributed by atoms with E-state index in [9.17, 15) is 0 Å². The third kappa shape index (κ3) is 2.46. The Balaban J connectivity index is 2.46. The molecule has 1 rings (SSSR count). The molecule has 12 heavy (non-hydrogen) atoms. The van der Waals surface area contributed by atoms with E-state index in [0.29, 0.717) is 0 Å². The van der Waals surface area contributed by atoms with Crippen LogP contribution in [-0.4, -0.2) is 49.3 Å². The van der Waals surface area contributed by atoms with Crippen LogP contribution in [0.1, 0.15) is 26.7 Å². The van der Waals surface area contributed by atoms with Crippen molar-refractivity contribution in [3.63, 3.8) is 0 Å². The van der Waals surface area contributed by atoms with Gasteiger partial charge in [-0.25, -0.2) is 0 Å². The van der Waals surface area contributed by atoms with Crippen molar-refractivity contribution in [3.8, 4) is 0 Å². The lowest BCUT2D eigenvalue weighted by Gasteiger charge is -2.42. The van der Waals surface area contributed by atoms with Crippen LogP contribution >= 0.6 is 0 Å². The van der Waals surface area contributed by atoms with Crippen LogP contribution in [0.15, 0.2) is 0 Å². The molecule has 1 atom stereocenters. The van der Waals surface area contributed by atoms with Gasteiger partial charge in [-0.05, 0) is 13.3 Å². The number of quaternary nitrogens is 1. The minimum absolute atomic E-state index is 0.766. The van der Waals surface area contributed by atoms with Crippen LogP contribution in [0.4, 0.5) is 0 Å². The Labute approximate surface area is 76.7 Å². The second kappa shape index (κ2) is 3.75.